The summed E-state index contributed by atoms with van der Waals surface area (Å²) >= 11 is 0. The molecular formula is C21H22N4O3. The third kappa shape index (κ3) is 3.98. The van der Waals surface area contributed by atoms with Crippen LogP contribution in [0.5, 0.6) is 5.75 Å². The molecule has 0 saturated carbocycles. The molecule has 1 aromatic heterocycles. The van der Waals surface area contributed by atoms with Gasteiger partial charge in [0.05, 0.1) is 7.11 Å². The number of benzene rings is 2. The number of fused-ring (bicyclic) bond motifs is 1. The molecule has 144 valence electrons. The Balaban J connectivity index is 1.27. The lowest BCUT2D eigenvalue weighted by Gasteiger charge is -2.19. The highest BCUT2D eigenvalue weighted by molar-refractivity contribution is 5.77. The number of nitrogens with one attached hydrogen (secondary N) is 1. The average molecular weight is 378 g/mol. The molecule has 1 aliphatic rings. The van der Waals surface area contributed by atoms with Crippen molar-refractivity contribution in [3.63, 3.8) is 0 Å². The second-order valence-corrected chi connectivity index (χ2v) is 6.63. The third-order valence-electron chi connectivity index (χ3n) is 4.82. The number of carbonyl (C=O) groups is 1. The van der Waals surface area contributed by atoms with Crippen LogP contribution in [0.4, 0.5) is 5.69 Å². The average Bonchev–Trinajstić information content (AvgIpc) is 3.35. The molecule has 1 aliphatic heterocycles. The van der Waals surface area contributed by atoms with Crippen LogP contribution in [-0.4, -0.2) is 42.8 Å². The molecule has 4 rings (SSSR count). The molecule has 0 saturated heterocycles. The van der Waals surface area contributed by atoms with Crippen LogP contribution in [0.15, 0.2) is 53.1 Å². The number of amides is 1. The lowest BCUT2D eigenvalue weighted by Crippen LogP contribution is -2.34. The van der Waals surface area contributed by atoms with E-state index in [0.29, 0.717) is 18.3 Å². The van der Waals surface area contributed by atoms with Gasteiger partial charge in [0.1, 0.15) is 12.2 Å². The molecule has 0 fully saturated rings. The van der Waals surface area contributed by atoms with Gasteiger partial charge in [-0.05, 0) is 42.3 Å². The van der Waals surface area contributed by atoms with Crippen LogP contribution in [0, 0.1) is 0 Å². The minimum Gasteiger partial charge on any atom is -0.497 e. The Labute approximate surface area is 163 Å². The first-order chi connectivity index (χ1) is 13.7. The number of hydrogen-bond donors (Lipinski definition) is 1. The Hall–Kier alpha value is -3.35. The van der Waals surface area contributed by atoms with Gasteiger partial charge in [0.2, 0.25) is 17.6 Å². The monoisotopic (exact) mass is 378 g/mol. The zero-order chi connectivity index (χ0) is 19.3. The summed E-state index contributed by atoms with van der Waals surface area (Å²) in [4.78, 5) is 18.8. The number of para-hydroxylation sites is 1. The van der Waals surface area contributed by atoms with E-state index in [1.165, 1.54) is 11.3 Å². The molecule has 1 amide bonds. The molecule has 7 heteroatoms. The lowest BCUT2D eigenvalue weighted by atomic mass is 10.2. The Morgan fingerprint density at radius 2 is 2.04 bits per heavy atom. The van der Waals surface area contributed by atoms with Gasteiger partial charge in [-0.25, -0.2) is 0 Å². The van der Waals surface area contributed by atoms with Gasteiger partial charge in [0, 0.05) is 30.9 Å². The van der Waals surface area contributed by atoms with Crippen molar-refractivity contribution < 1.29 is 14.1 Å². The van der Waals surface area contributed by atoms with Gasteiger partial charge in [0.15, 0.2) is 0 Å². The van der Waals surface area contributed by atoms with Crippen LogP contribution >= 0.6 is 0 Å². The number of ether oxygens (including phenoxy) is 1. The number of anilines is 1. The number of rotatable bonds is 7. The zero-order valence-corrected chi connectivity index (χ0v) is 15.7. The van der Waals surface area contributed by atoms with E-state index in [4.69, 9.17) is 9.26 Å². The largest absolute Gasteiger partial charge is 0.497 e. The molecule has 1 N–H and O–H groups in total. The summed E-state index contributed by atoms with van der Waals surface area (Å²) in [6, 6.07) is 15.7. The first kappa shape index (κ1) is 18.0. The quantitative estimate of drug-likeness (QED) is 0.680. The number of nitrogens with zero attached hydrogens (tertiary/aromatic N) is 3. The molecule has 0 bridgehead atoms. The summed E-state index contributed by atoms with van der Waals surface area (Å²) in [7, 11) is 1.61. The van der Waals surface area contributed by atoms with E-state index in [1.54, 1.807) is 7.11 Å². The minimum atomic E-state index is -0.127. The van der Waals surface area contributed by atoms with E-state index in [1.807, 2.05) is 30.3 Å². The van der Waals surface area contributed by atoms with Crippen LogP contribution in [0.2, 0.25) is 0 Å². The van der Waals surface area contributed by atoms with Crippen molar-refractivity contribution in [2.75, 3.05) is 31.6 Å². The fraction of sp³-hybridized carbons (Fsp3) is 0.286. The highest BCUT2D eigenvalue weighted by Crippen LogP contribution is 2.26. The zero-order valence-electron chi connectivity index (χ0n) is 15.7. The maximum Gasteiger partial charge on any atom is 0.236 e. The molecule has 28 heavy (non-hydrogen) atoms. The highest BCUT2D eigenvalue weighted by Gasteiger charge is 2.18. The topological polar surface area (TPSA) is 80.5 Å². The lowest BCUT2D eigenvalue weighted by molar-refractivity contribution is -0.120. The Morgan fingerprint density at radius 1 is 1.21 bits per heavy atom. The Kier molecular flexibility index (Phi) is 5.23. The second kappa shape index (κ2) is 8.12. The van der Waals surface area contributed by atoms with Gasteiger partial charge < -0.3 is 19.5 Å². The first-order valence-corrected chi connectivity index (χ1v) is 9.29. The number of aromatic nitrogens is 2. The van der Waals surface area contributed by atoms with Gasteiger partial charge in [-0.2, -0.15) is 4.98 Å². The molecule has 0 spiro atoms. The van der Waals surface area contributed by atoms with Gasteiger partial charge >= 0.3 is 0 Å². The van der Waals surface area contributed by atoms with Crippen molar-refractivity contribution >= 4 is 11.6 Å². The van der Waals surface area contributed by atoms with E-state index >= 15 is 0 Å². The van der Waals surface area contributed by atoms with Gasteiger partial charge in [-0.3, -0.25) is 4.79 Å². The summed E-state index contributed by atoms with van der Waals surface area (Å²) in [6.07, 6.45) is 1.12. The van der Waals surface area contributed by atoms with Gasteiger partial charge in [-0.15, -0.1) is 0 Å². The van der Waals surface area contributed by atoms with E-state index < -0.39 is 0 Å². The van der Waals surface area contributed by atoms with Crippen molar-refractivity contribution in [2.24, 2.45) is 0 Å². The number of hydrogen-bond acceptors (Lipinski definition) is 6. The van der Waals surface area contributed by atoms with Crippen LogP contribution in [0.1, 0.15) is 11.5 Å². The van der Waals surface area contributed by atoms with E-state index in [-0.39, 0.29) is 12.3 Å². The molecule has 0 aliphatic carbocycles. The molecule has 2 aromatic carbocycles. The van der Waals surface area contributed by atoms with Gasteiger partial charge in [-0.1, -0.05) is 23.4 Å². The summed E-state index contributed by atoms with van der Waals surface area (Å²) in [6.45, 7) is 2.35. The molecule has 0 unspecified atom stereocenters. The van der Waals surface area contributed by atoms with Crippen molar-refractivity contribution in [1.82, 2.24) is 15.5 Å². The molecular weight excluding hydrogens is 356 g/mol. The van der Waals surface area contributed by atoms with Crippen molar-refractivity contribution in [3.8, 4) is 17.1 Å². The first-order valence-electron chi connectivity index (χ1n) is 9.29. The number of carbonyl (C=O) groups excluding carboxylic acids is 1. The summed E-state index contributed by atoms with van der Waals surface area (Å²) in [5.41, 5.74) is 3.44. The summed E-state index contributed by atoms with van der Waals surface area (Å²) in [5.74, 6) is 1.39. The van der Waals surface area contributed by atoms with E-state index in [2.05, 4.69) is 38.6 Å². The maximum atomic E-state index is 12.2. The Bertz CT molecular complexity index is 952. The highest BCUT2D eigenvalue weighted by atomic mass is 16.5. The SMILES string of the molecule is COc1ccc(-c2noc(CC(=O)NCCN3CCc4ccccc43)n2)cc1. The molecule has 3 aromatic rings. The van der Waals surface area contributed by atoms with Crippen molar-refractivity contribution in [2.45, 2.75) is 12.8 Å². The maximum absolute atomic E-state index is 12.2. The normalized spacial score (nSPS) is 12.7. The molecule has 0 radical (unpaired) electrons. The van der Waals surface area contributed by atoms with Crippen molar-refractivity contribution in [3.05, 3.63) is 60.0 Å². The predicted octanol–water partition coefficient (Wildman–Crippen LogP) is 2.47. The van der Waals surface area contributed by atoms with Crippen LogP contribution in [0.3, 0.4) is 0 Å². The summed E-state index contributed by atoms with van der Waals surface area (Å²) in [5, 5.41) is 6.88. The van der Waals surface area contributed by atoms with Gasteiger partial charge in [0.25, 0.3) is 0 Å². The minimum absolute atomic E-state index is 0.0692. The molecule has 2 heterocycles. The smallest absolute Gasteiger partial charge is 0.236 e. The van der Waals surface area contributed by atoms with Crippen LogP contribution in [0.25, 0.3) is 11.4 Å². The molecule has 7 nitrogen and oxygen atoms in total. The van der Waals surface area contributed by atoms with Crippen LogP contribution < -0.4 is 15.0 Å². The van der Waals surface area contributed by atoms with Crippen molar-refractivity contribution in [1.29, 1.82) is 0 Å². The Morgan fingerprint density at radius 3 is 2.86 bits per heavy atom. The van der Waals surface area contributed by atoms with E-state index in [0.717, 1.165) is 30.8 Å². The van der Waals surface area contributed by atoms with Crippen LogP contribution in [-0.2, 0) is 17.6 Å². The van der Waals surface area contributed by atoms with E-state index in [9.17, 15) is 4.79 Å². The number of methoxy groups -OCH3 is 1. The standard InChI is InChI=1S/C21H22N4O3/c1-27-17-8-6-16(7-9-17)21-23-20(28-24-21)14-19(26)22-11-13-25-12-10-15-4-2-3-5-18(15)25/h2-9H,10-14H2,1H3,(H,22,26). The summed E-state index contributed by atoms with van der Waals surface area (Å²) < 4.78 is 10.3. The fourth-order valence-corrected chi connectivity index (χ4v) is 3.35. The third-order valence-corrected chi connectivity index (χ3v) is 4.82. The predicted molar refractivity (Wildman–Crippen MR) is 105 cm³/mol. The second-order valence-electron chi connectivity index (χ2n) is 6.63. The fourth-order valence-electron chi connectivity index (χ4n) is 3.35. The molecule has 0 atom stereocenters.